The third-order valence-corrected chi connectivity index (χ3v) is 2.41. The molecule has 0 aliphatic heterocycles. The predicted octanol–water partition coefficient (Wildman–Crippen LogP) is 0.384. The fraction of sp³-hybridized carbons (Fsp3) is 0.400. The molecule has 0 radical (unpaired) electrons. The van der Waals surface area contributed by atoms with Gasteiger partial charge in [0.15, 0.2) is 0 Å². The average Bonchev–Trinajstić information content (AvgIpc) is 2.80. The number of imidazole rings is 1. The number of nitrogens with one attached hydrogen (secondary N) is 1. The normalized spacial score (nSPS) is 10.8. The highest BCUT2D eigenvalue weighted by molar-refractivity contribution is 5.05. The van der Waals surface area contributed by atoms with E-state index in [2.05, 4.69) is 20.0 Å². The first-order chi connectivity index (χ1) is 7.31. The third kappa shape index (κ3) is 2.07. The molecule has 15 heavy (non-hydrogen) atoms. The van der Waals surface area contributed by atoms with Gasteiger partial charge in [0, 0.05) is 26.0 Å². The second kappa shape index (κ2) is 4.27. The highest BCUT2D eigenvalue weighted by Gasteiger charge is 2.04. The zero-order chi connectivity index (χ0) is 10.7. The van der Waals surface area contributed by atoms with Gasteiger partial charge in [0.1, 0.15) is 0 Å². The summed E-state index contributed by atoms with van der Waals surface area (Å²) in [5.74, 6) is 0. The maximum Gasteiger partial charge on any atom is 0.0952 e. The van der Waals surface area contributed by atoms with Crippen molar-refractivity contribution in [3.63, 3.8) is 0 Å². The van der Waals surface area contributed by atoms with Gasteiger partial charge in [-0.3, -0.25) is 4.68 Å². The van der Waals surface area contributed by atoms with Gasteiger partial charge in [-0.05, 0) is 13.1 Å². The first-order valence-electron chi connectivity index (χ1n) is 4.91. The van der Waals surface area contributed by atoms with E-state index in [1.807, 2.05) is 43.6 Å². The lowest BCUT2D eigenvalue weighted by atomic mass is 10.4. The summed E-state index contributed by atoms with van der Waals surface area (Å²) < 4.78 is 4.00. The first kappa shape index (κ1) is 9.92. The Morgan fingerprint density at radius 3 is 2.93 bits per heavy atom. The molecule has 0 amide bonds. The van der Waals surface area contributed by atoms with Crippen molar-refractivity contribution < 1.29 is 0 Å². The van der Waals surface area contributed by atoms with Gasteiger partial charge in [-0.25, -0.2) is 4.98 Å². The lowest BCUT2D eigenvalue weighted by Crippen LogP contribution is -2.12. The van der Waals surface area contributed by atoms with Crippen LogP contribution in [0.3, 0.4) is 0 Å². The van der Waals surface area contributed by atoms with Crippen LogP contribution < -0.4 is 5.32 Å². The lowest BCUT2D eigenvalue weighted by molar-refractivity contribution is 0.636. The second-order valence-electron chi connectivity index (χ2n) is 3.49. The lowest BCUT2D eigenvalue weighted by Gasteiger charge is -2.07. The summed E-state index contributed by atoms with van der Waals surface area (Å²) in [5.41, 5.74) is 2.35. The molecule has 0 unspecified atom stereocenters. The van der Waals surface area contributed by atoms with Crippen LogP contribution in [0.4, 0.5) is 0 Å². The Morgan fingerprint density at radius 1 is 1.40 bits per heavy atom. The number of nitrogens with zero attached hydrogens (tertiary/aromatic N) is 4. The quantitative estimate of drug-likeness (QED) is 0.785. The van der Waals surface area contributed by atoms with Gasteiger partial charge in [0.2, 0.25) is 0 Å². The molecular formula is C10H15N5. The molecule has 0 bridgehead atoms. The molecule has 2 aromatic rings. The first-order valence-corrected chi connectivity index (χ1v) is 4.91. The second-order valence-corrected chi connectivity index (χ2v) is 3.49. The maximum atomic E-state index is 4.14. The van der Waals surface area contributed by atoms with Gasteiger partial charge in [-0.2, -0.15) is 5.10 Å². The van der Waals surface area contributed by atoms with E-state index in [1.165, 1.54) is 11.4 Å². The zero-order valence-corrected chi connectivity index (χ0v) is 9.01. The monoisotopic (exact) mass is 205 g/mol. The van der Waals surface area contributed by atoms with Gasteiger partial charge in [0.25, 0.3) is 0 Å². The number of aromatic nitrogens is 4. The molecule has 0 aliphatic rings. The SMILES string of the molecule is CNCc1cncn1Cc1ccnn1C. The number of hydrogen-bond acceptors (Lipinski definition) is 3. The Hall–Kier alpha value is -1.62. The van der Waals surface area contributed by atoms with Crippen LogP contribution in [0, 0.1) is 0 Å². The van der Waals surface area contributed by atoms with Crippen molar-refractivity contribution in [1.82, 2.24) is 24.6 Å². The summed E-state index contributed by atoms with van der Waals surface area (Å²) in [4.78, 5) is 4.14. The Kier molecular flexibility index (Phi) is 2.82. The Balaban J connectivity index is 2.17. The Morgan fingerprint density at radius 2 is 2.27 bits per heavy atom. The van der Waals surface area contributed by atoms with Crippen molar-refractivity contribution in [1.29, 1.82) is 0 Å². The fourth-order valence-electron chi connectivity index (χ4n) is 1.55. The number of hydrogen-bond donors (Lipinski definition) is 1. The van der Waals surface area contributed by atoms with Crippen LogP contribution in [-0.2, 0) is 20.1 Å². The molecule has 2 heterocycles. The van der Waals surface area contributed by atoms with E-state index in [-0.39, 0.29) is 0 Å². The third-order valence-electron chi connectivity index (χ3n) is 2.41. The molecule has 5 heteroatoms. The predicted molar refractivity (Wildman–Crippen MR) is 57.3 cm³/mol. The smallest absolute Gasteiger partial charge is 0.0952 e. The molecule has 0 aliphatic carbocycles. The molecule has 80 valence electrons. The van der Waals surface area contributed by atoms with E-state index in [9.17, 15) is 0 Å². The topological polar surface area (TPSA) is 47.7 Å². The minimum absolute atomic E-state index is 0.813. The van der Waals surface area contributed by atoms with Gasteiger partial charge in [0.05, 0.1) is 24.3 Å². The number of aryl methyl sites for hydroxylation is 1. The maximum absolute atomic E-state index is 4.14. The van der Waals surface area contributed by atoms with E-state index in [1.54, 1.807) is 0 Å². The largest absolute Gasteiger partial charge is 0.327 e. The van der Waals surface area contributed by atoms with Crippen LogP contribution >= 0.6 is 0 Å². The molecule has 0 saturated carbocycles. The molecule has 0 atom stereocenters. The van der Waals surface area contributed by atoms with Crippen LogP contribution in [0.1, 0.15) is 11.4 Å². The molecule has 0 aromatic carbocycles. The van der Waals surface area contributed by atoms with Gasteiger partial charge in [-0.15, -0.1) is 0 Å². The van der Waals surface area contributed by atoms with Crippen LogP contribution in [0.5, 0.6) is 0 Å². The van der Waals surface area contributed by atoms with Gasteiger partial charge >= 0.3 is 0 Å². The summed E-state index contributed by atoms with van der Waals surface area (Å²) >= 11 is 0. The molecule has 0 spiro atoms. The summed E-state index contributed by atoms with van der Waals surface area (Å²) in [5, 5.41) is 7.26. The van der Waals surface area contributed by atoms with Crippen molar-refractivity contribution in [3.05, 3.63) is 36.2 Å². The molecule has 1 N–H and O–H groups in total. The van der Waals surface area contributed by atoms with Crippen molar-refractivity contribution in [3.8, 4) is 0 Å². The van der Waals surface area contributed by atoms with Gasteiger partial charge < -0.3 is 9.88 Å². The van der Waals surface area contributed by atoms with Crippen LogP contribution in [0.25, 0.3) is 0 Å². The van der Waals surface area contributed by atoms with Crippen LogP contribution in [0.15, 0.2) is 24.8 Å². The highest BCUT2D eigenvalue weighted by Crippen LogP contribution is 2.04. The molecule has 2 aromatic heterocycles. The van der Waals surface area contributed by atoms with Crippen molar-refractivity contribution in [2.75, 3.05) is 7.05 Å². The molecule has 0 fully saturated rings. The highest BCUT2D eigenvalue weighted by atomic mass is 15.3. The van der Waals surface area contributed by atoms with Crippen molar-refractivity contribution >= 4 is 0 Å². The van der Waals surface area contributed by atoms with E-state index >= 15 is 0 Å². The van der Waals surface area contributed by atoms with E-state index in [0.29, 0.717) is 0 Å². The van der Waals surface area contributed by atoms with Crippen LogP contribution in [0.2, 0.25) is 0 Å². The summed E-state index contributed by atoms with van der Waals surface area (Å²) in [6, 6.07) is 2.02. The average molecular weight is 205 g/mol. The van der Waals surface area contributed by atoms with E-state index in [4.69, 9.17) is 0 Å². The van der Waals surface area contributed by atoms with E-state index in [0.717, 1.165) is 13.1 Å². The summed E-state index contributed by atoms with van der Waals surface area (Å²) in [7, 11) is 3.88. The zero-order valence-electron chi connectivity index (χ0n) is 9.01. The minimum Gasteiger partial charge on any atom is -0.327 e. The fourth-order valence-corrected chi connectivity index (χ4v) is 1.55. The number of rotatable bonds is 4. The van der Waals surface area contributed by atoms with E-state index < -0.39 is 0 Å². The molecule has 5 nitrogen and oxygen atoms in total. The summed E-state index contributed by atoms with van der Waals surface area (Å²) in [6.45, 7) is 1.64. The molecule has 0 saturated heterocycles. The van der Waals surface area contributed by atoms with Crippen molar-refractivity contribution in [2.45, 2.75) is 13.1 Å². The van der Waals surface area contributed by atoms with Crippen molar-refractivity contribution in [2.24, 2.45) is 7.05 Å². The molecule has 2 rings (SSSR count). The Labute approximate surface area is 88.7 Å². The Bertz CT molecular complexity index is 428. The van der Waals surface area contributed by atoms with Crippen LogP contribution in [-0.4, -0.2) is 26.4 Å². The molecular weight excluding hydrogens is 190 g/mol. The van der Waals surface area contributed by atoms with Gasteiger partial charge in [-0.1, -0.05) is 0 Å². The standard InChI is InChI=1S/C10H15N5/c1-11-5-10-6-12-8-15(10)7-9-3-4-13-14(9)2/h3-4,6,8,11H,5,7H2,1-2H3. The summed E-state index contributed by atoms with van der Waals surface area (Å²) in [6.07, 6.45) is 5.54. The minimum atomic E-state index is 0.813.